The summed E-state index contributed by atoms with van der Waals surface area (Å²) in [6.07, 6.45) is -4.24. The number of aromatic nitrogens is 1. The average molecular weight is 400 g/mol. The van der Waals surface area contributed by atoms with Crippen LogP contribution in [0.25, 0.3) is 10.9 Å². The Balaban J connectivity index is 0.00000114. The van der Waals surface area contributed by atoms with Gasteiger partial charge in [-0.15, -0.1) is 13.2 Å². The van der Waals surface area contributed by atoms with E-state index in [0.717, 1.165) is 10.8 Å². The molecule has 0 unspecified atom stereocenters. The van der Waals surface area contributed by atoms with Crippen LogP contribution in [0.3, 0.4) is 0 Å². The maximum Gasteiger partial charge on any atom is 0.577 e. The van der Waals surface area contributed by atoms with Gasteiger partial charge in [-0.05, 0) is 12.5 Å². The summed E-state index contributed by atoms with van der Waals surface area (Å²) in [5.74, 6) is -6.84. The zero-order valence-corrected chi connectivity index (χ0v) is 13.4. The highest BCUT2D eigenvalue weighted by atomic mass is 19.4. The van der Waals surface area contributed by atoms with Gasteiger partial charge < -0.3 is 14.4 Å². The van der Waals surface area contributed by atoms with E-state index in [1.54, 1.807) is 6.92 Å². The number of aromatic carboxylic acids is 1. The molecular formula is C14H10BF7NO4. The van der Waals surface area contributed by atoms with Crippen molar-refractivity contribution in [3.05, 3.63) is 39.7 Å². The molecule has 2 rings (SSSR count). The van der Waals surface area contributed by atoms with Crippen molar-refractivity contribution in [2.45, 2.75) is 26.3 Å². The number of fused-ring (bicyclic) bond motifs is 1. The van der Waals surface area contributed by atoms with Crippen LogP contribution in [0.4, 0.5) is 30.6 Å². The summed E-state index contributed by atoms with van der Waals surface area (Å²) in [6, 6.07) is 0.356. The third-order valence-electron chi connectivity index (χ3n) is 3.12. The number of halogens is 7. The first-order chi connectivity index (χ1) is 12.5. The maximum atomic E-state index is 13.8. The van der Waals surface area contributed by atoms with Crippen molar-refractivity contribution in [2.75, 3.05) is 0 Å². The number of aryl methyl sites for hydroxylation is 1. The van der Waals surface area contributed by atoms with Gasteiger partial charge in [0.15, 0.2) is 11.6 Å². The molecule has 0 fully saturated rings. The van der Waals surface area contributed by atoms with Crippen LogP contribution < -0.4 is 10.2 Å². The molecule has 5 nitrogen and oxygen atoms in total. The fourth-order valence-electron chi connectivity index (χ4n) is 2.25. The normalized spacial score (nSPS) is 11.0. The first-order valence-corrected chi connectivity index (χ1v) is 7.04. The summed E-state index contributed by atoms with van der Waals surface area (Å²) < 4.78 is 88.4. The van der Waals surface area contributed by atoms with E-state index in [1.165, 1.54) is 0 Å². The van der Waals surface area contributed by atoms with E-state index in [0.29, 0.717) is 12.5 Å². The van der Waals surface area contributed by atoms with Crippen LogP contribution >= 0.6 is 0 Å². The van der Waals surface area contributed by atoms with Crippen LogP contribution in [-0.2, 0) is 6.54 Å². The van der Waals surface area contributed by atoms with Crippen LogP contribution in [0.5, 0.6) is 5.75 Å². The lowest BCUT2D eigenvalue weighted by Gasteiger charge is -2.17. The molecule has 0 atom stereocenters. The van der Waals surface area contributed by atoms with Crippen LogP contribution in [0.1, 0.15) is 23.7 Å². The lowest BCUT2D eigenvalue weighted by atomic mass is 10.1. The summed E-state index contributed by atoms with van der Waals surface area (Å²) in [5.41, 5.74) is -2.68. The highest BCUT2D eigenvalue weighted by Gasteiger charge is 2.35. The fraction of sp³-hybridized carbons (Fsp3) is 0.286. The third kappa shape index (κ3) is 5.14. The topological polar surface area (TPSA) is 68.5 Å². The molecule has 2 aromatic rings. The quantitative estimate of drug-likeness (QED) is 0.627. The van der Waals surface area contributed by atoms with Gasteiger partial charge in [0, 0.05) is 12.7 Å². The number of ether oxygens (including phenoxy) is 1. The molecule has 1 heterocycles. The fourth-order valence-corrected chi connectivity index (χ4v) is 2.25. The molecule has 147 valence electrons. The SMILES string of the molecule is CCCn1cc(C(=O)O)c(=O)c2cc(F)c(F)c(OC(F)(F)F)c21.F[B]F. The van der Waals surface area contributed by atoms with E-state index in [2.05, 4.69) is 4.74 Å². The van der Waals surface area contributed by atoms with Gasteiger partial charge in [-0.2, -0.15) is 4.39 Å². The van der Waals surface area contributed by atoms with Crippen LogP contribution in [0, 0.1) is 11.6 Å². The Morgan fingerprint density at radius 2 is 1.85 bits per heavy atom. The van der Waals surface area contributed by atoms with E-state index < -0.39 is 59.4 Å². The van der Waals surface area contributed by atoms with E-state index in [4.69, 9.17) is 5.11 Å². The molecule has 0 bridgehead atoms. The van der Waals surface area contributed by atoms with E-state index in [-0.39, 0.29) is 6.54 Å². The zero-order valence-electron chi connectivity index (χ0n) is 13.4. The first-order valence-electron chi connectivity index (χ1n) is 7.04. The molecule has 0 saturated carbocycles. The van der Waals surface area contributed by atoms with Crippen LogP contribution in [0.2, 0.25) is 0 Å². The third-order valence-corrected chi connectivity index (χ3v) is 3.12. The molecule has 0 aliphatic carbocycles. The molecule has 0 spiro atoms. The Morgan fingerprint density at radius 1 is 1.30 bits per heavy atom. The Labute approximate surface area is 147 Å². The lowest BCUT2D eigenvalue weighted by Crippen LogP contribution is -2.23. The second-order valence-electron chi connectivity index (χ2n) is 4.90. The average Bonchev–Trinajstić information content (AvgIpc) is 2.54. The minimum Gasteiger partial charge on any atom is -0.477 e. The lowest BCUT2D eigenvalue weighted by molar-refractivity contribution is -0.275. The summed E-state index contributed by atoms with van der Waals surface area (Å²) in [6.45, 7) is 1.57. The molecule has 13 heteroatoms. The van der Waals surface area contributed by atoms with Gasteiger partial charge in [0.25, 0.3) is 0 Å². The number of pyridine rings is 1. The Kier molecular flexibility index (Phi) is 7.25. The largest absolute Gasteiger partial charge is 0.577 e. The Hall–Kier alpha value is -2.73. The summed E-state index contributed by atoms with van der Waals surface area (Å²) in [5, 5.41) is 8.28. The maximum absolute atomic E-state index is 13.8. The number of hydrogen-bond donors (Lipinski definition) is 1. The molecule has 0 aliphatic heterocycles. The number of carbonyl (C=O) groups is 1. The molecule has 1 aromatic heterocycles. The van der Waals surface area contributed by atoms with Crippen molar-refractivity contribution in [3.8, 4) is 5.75 Å². The van der Waals surface area contributed by atoms with Crippen molar-refractivity contribution >= 4 is 24.7 Å². The van der Waals surface area contributed by atoms with Gasteiger partial charge >= 0.3 is 20.2 Å². The molecular weight excluding hydrogens is 390 g/mol. The van der Waals surface area contributed by atoms with Gasteiger partial charge in [-0.25, -0.2) is 9.18 Å². The van der Waals surface area contributed by atoms with E-state index in [9.17, 15) is 40.2 Å². The van der Waals surface area contributed by atoms with Gasteiger partial charge in [-0.3, -0.25) is 13.4 Å². The number of alkyl halides is 3. The molecule has 0 aliphatic rings. The molecule has 1 N–H and O–H groups in total. The summed E-state index contributed by atoms with van der Waals surface area (Å²) in [7, 11) is -1.00. The summed E-state index contributed by atoms with van der Waals surface area (Å²) in [4.78, 5) is 23.2. The van der Waals surface area contributed by atoms with Crippen molar-refractivity contribution < 1.29 is 45.2 Å². The monoisotopic (exact) mass is 400 g/mol. The first kappa shape index (κ1) is 22.3. The molecule has 0 saturated heterocycles. The van der Waals surface area contributed by atoms with Gasteiger partial charge in [0.1, 0.15) is 5.56 Å². The number of carboxylic acids is 1. The summed E-state index contributed by atoms with van der Waals surface area (Å²) >= 11 is 0. The zero-order chi connectivity index (χ0) is 20.9. The number of carboxylic acid groups (broad SMARTS) is 1. The van der Waals surface area contributed by atoms with Gasteiger partial charge in [0.05, 0.1) is 10.9 Å². The van der Waals surface area contributed by atoms with E-state index in [1.807, 2.05) is 0 Å². The molecule has 0 amide bonds. The number of nitrogens with zero attached hydrogens (tertiary/aromatic N) is 1. The predicted molar refractivity (Wildman–Crippen MR) is 80.0 cm³/mol. The molecule has 1 aromatic carbocycles. The van der Waals surface area contributed by atoms with Crippen molar-refractivity contribution in [1.82, 2.24) is 4.57 Å². The van der Waals surface area contributed by atoms with Crippen molar-refractivity contribution in [3.63, 3.8) is 0 Å². The predicted octanol–water partition coefficient (Wildman–Crippen LogP) is 3.75. The smallest absolute Gasteiger partial charge is 0.477 e. The second kappa shape index (κ2) is 8.78. The minimum absolute atomic E-state index is 0.0453. The van der Waals surface area contributed by atoms with Crippen LogP contribution in [-0.4, -0.2) is 29.8 Å². The van der Waals surface area contributed by atoms with Gasteiger partial charge in [-0.1, -0.05) is 6.92 Å². The van der Waals surface area contributed by atoms with Gasteiger partial charge in [0.2, 0.25) is 11.2 Å². The van der Waals surface area contributed by atoms with Crippen LogP contribution in [0.15, 0.2) is 17.1 Å². The highest BCUT2D eigenvalue weighted by Crippen LogP contribution is 2.34. The molecule has 1 radical (unpaired) electrons. The number of rotatable bonds is 4. The Morgan fingerprint density at radius 3 is 2.30 bits per heavy atom. The number of benzene rings is 1. The van der Waals surface area contributed by atoms with E-state index >= 15 is 0 Å². The number of hydrogen-bond acceptors (Lipinski definition) is 3. The minimum atomic E-state index is -5.33. The van der Waals surface area contributed by atoms with Crippen molar-refractivity contribution in [2.24, 2.45) is 0 Å². The highest BCUT2D eigenvalue weighted by molar-refractivity contribution is 6.15. The molecule has 27 heavy (non-hydrogen) atoms. The van der Waals surface area contributed by atoms with Crippen molar-refractivity contribution in [1.29, 1.82) is 0 Å². The standard InChI is InChI=1S/C14H10F5NO4.BF2/c1-2-3-20-5-7(13(22)23)11(21)6-4-8(15)9(16)12(10(6)20)24-14(17,18)19;2-1-3/h4-5H,2-3H2,1H3,(H,22,23);. The second-order valence-corrected chi connectivity index (χ2v) is 4.90. The Bertz CT molecular complexity index is 898.